The summed E-state index contributed by atoms with van der Waals surface area (Å²) in [5.74, 6) is 0. The van der Waals surface area contributed by atoms with Crippen molar-refractivity contribution >= 4 is 113 Å². The topological polar surface area (TPSA) is 160 Å². The molecule has 0 unspecified atom stereocenters. The molecule has 3 N–H and O–H groups in total. The van der Waals surface area contributed by atoms with E-state index >= 15 is 0 Å². The average Bonchev–Trinajstić information content (AvgIpc) is 2.54. The molecular formula is C70H82N16S3. The molecule has 0 atom stereocenters. The maximum atomic E-state index is 4.89. The molecule has 12 aromatic rings. The van der Waals surface area contributed by atoms with Crippen molar-refractivity contribution in [2.24, 2.45) is 21.1 Å². The summed E-state index contributed by atoms with van der Waals surface area (Å²) in [5.41, 5.74) is 17.1. The van der Waals surface area contributed by atoms with Crippen LogP contribution >= 0.6 is 34.0 Å². The van der Waals surface area contributed by atoms with Crippen LogP contribution in [-0.2, 0) is 21.1 Å². The summed E-state index contributed by atoms with van der Waals surface area (Å²) >= 11 is 5.27. The van der Waals surface area contributed by atoms with Gasteiger partial charge in [0.2, 0.25) is 0 Å². The first-order valence-corrected chi connectivity index (χ1v) is 33.4. The molecule has 3 aliphatic rings. The number of hydrogen-bond donors (Lipinski definition) is 3. The van der Waals surface area contributed by atoms with E-state index in [0.29, 0.717) is 12.1 Å². The molecular weight excluding hydrogens is 1160 g/mol. The van der Waals surface area contributed by atoms with E-state index in [2.05, 4.69) is 221 Å². The van der Waals surface area contributed by atoms with Crippen LogP contribution < -0.4 is 25.8 Å². The summed E-state index contributed by atoms with van der Waals surface area (Å²) in [7, 11) is 10.2. The summed E-state index contributed by atoms with van der Waals surface area (Å²) in [6.07, 6.45) is 17.8. The van der Waals surface area contributed by atoms with Gasteiger partial charge in [0.1, 0.15) is 5.01 Å². The number of benzene rings is 4. The van der Waals surface area contributed by atoms with Crippen molar-refractivity contribution in [2.45, 2.75) is 136 Å². The van der Waals surface area contributed by atoms with Crippen molar-refractivity contribution in [3.8, 4) is 33.4 Å². The van der Waals surface area contributed by atoms with Crippen molar-refractivity contribution in [2.75, 3.05) is 37.0 Å². The molecule has 89 heavy (non-hydrogen) atoms. The standard InChI is InChI=1S/C25H32N6S.C24H30N6S.C21H20N4S/c1-15-8-16(9-18-14-30(6)28-21(15)18)17-10-20-22(26-13-17)27-23(32-20)31(7)19-11-24(2,3)29-25(4,5)12-19;1-23(2)11-18(12-24(3,4)28-23)30(6)22-26-21-20(31-22)10-16(13-25-21)15-7-8-19-17(9-15)14-29(5)27-19;1-13-9-16(10-17-12-25(2)24-20(13)17)15-3-4-18-19(11-15)26-21(23-18)14-5-7-22-8-6-14/h8-10,13-14,19,29H,11-12H2,1-7H3;7-10,13-14,18,28H,11-12H2,1-6H3;3-5,9-12,22H,6-8H2,1-2H3. The Hall–Kier alpha value is -7.52. The second kappa shape index (κ2) is 23.1. The van der Waals surface area contributed by atoms with Crippen LogP contribution in [0.2, 0.25) is 0 Å². The second-order valence-corrected chi connectivity index (χ2v) is 30.8. The highest BCUT2D eigenvalue weighted by Gasteiger charge is 2.41. The Labute approximate surface area is 533 Å². The van der Waals surface area contributed by atoms with E-state index in [4.69, 9.17) is 19.9 Å². The second-order valence-electron chi connectivity index (χ2n) is 27.7. The van der Waals surface area contributed by atoms with Gasteiger partial charge in [-0.25, -0.2) is 15.0 Å². The van der Waals surface area contributed by atoms with Crippen molar-refractivity contribution in [1.29, 1.82) is 0 Å². The smallest absolute Gasteiger partial charge is 0.188 e. The Morgan fingerprint density at radius 3 is 1.46 bits per heavy atom. The number of fused-ring (bicyclic) bond motifs is 6. The van der Waals surface area contributed by atoms with Gasteiger partial charge in [0.25, 0.3) is 0 Å². The first-order chi connectivity index (χ1) is 42.2. The highest BCUT2D eigenvalue weighted by molar-refractivity contribution is 7.22. The number of anilines is 2. The number of nitrogens with one attached hydrogen (secondary N) is 3. The van der Waals surface area contributed by atoms with Crippen LogP contribution in [0.4, 0.5) is 10.3 Å². The SMILES string of the molecule is CN(c1nc2ncc(-c3ccc4nn(C)cc4c3)cc2s1)C1CC(C)(C)NC(C)(C)C1.Cc1cc(-c2ccc3nc(C4=CCNCC4)sc3c2)cc2cn(C)nc12.Cc1cc(-c2cnc3nc(N(C)C4CC(C)(C)NC(C)(C)C4)sc3c2)cc2cn(C)nc12. The summed E-state index contributed by atoms with van der Waals surface area (Å²) < 4.78 is 9.11. The minimum absolute atomic E-state index is 0.103. The van der Waals surface area contributed by atoms with E-state index in [9.17, 15) is 0 Å². The fraction of sp³-hybridized carbons (Fsp3) is 0.400. The van der Waals surface area contributed by atoms with Gasteiger partial charge in [0, 0.05) is 134 Å². The Kier molecular flexibility index (Phi) is 15.6. The minimum Gasteiger partial charge on any atom is -0.348 e. The Balaban J connectivity index is 0.000000123. The van der Waals surface area contributed by atoms with Crippen molar-refractivity contribution in [3.05, 3.63) is 126 Å². The fourth-order valence-corrected chi connectivity index (χ4v) is 17.3. The van der Waals surface area contributed by atoms with Gasteiger partial charge in [0.15, 0.2) is 21.6 Å². The first-order valence-electron chi connectivity index (χ1n) is 31.0. The molecule has 19 heteroatoms. The molecule has 8 aromatic heterocycles. The predicted molar refractivity (Wildman–Crippen MR) is 374 cm³/mol. The Bertz CT molecular complexity index is 4650. The predicted octanol–water partition coefficient (Wildman–Crippen LogP) is 14.8. The maximum absolute atomic E-state index is 4.89. The Morgan fingerprint density at radius 1 is 0.494 bits per heavy atom. The molecule has 460 valence electrons. The van der Waals surface area contributed by atoms with Crippen LogP contribution in [0.25, 0.3) is 103 Å². The van der Waals surface area contributed by atoms with E-state index in [1.807, 2.05) is 53.8 Å². The van der Waals surface area contributed by atoms with E-state index in [1.54, 1.807) is 34.0 Å². The lowest BCUT2D eigenvalue weighted by Crippen LogP contribution is -2.61. The number of pyridine rings is 2. The molecule has 15 rings (SSSR count). The number of hydrogen-bond acceptors (Lipinski definition) is 16. The van der Waals surface area contributed by atoms with Crippen LogP contribution in [0.15, 0.2) is 110 Å². The van der Waals surface area contributed by atoms with E-state index in [-0.39, 0.29) is 22.2 Å². The third-order valence-corrected chi connectivity index (χ3v) is 20.9. The molecule has 0 aliphatic carbocycles. The molecule has 11 heterocycles. The number of thiazole rings is 3. The molecule has 3 aliphatic heterocycles. The third-order valence-electron chi connectivity index (χ3n) is 17.7. The number of nitrogens with zero attached hydrogens (tertiary/aromatic N) is 13. The zero-order valence-corrected chi connectivity index (χ0v) is 56.5. The summed E-state index contributed by atoms with van der Waals surface area (Å²) in [6.45, 7) is 24.6. The molecule has 0 bridgehead atoms. The van der Waals surface area contributed by atoms with Gasteiger partial charge in [-0.2, -0.15) is 25.3 Å². The van der Waals surface area contributed by atoms with Crippen molar-refractivity contribution in [1.82, 2.24) is 70.2 Å². The van der Waals surface area contributed by atoms with Crippen LogP contribution in [0.1, 0.15) is 104 Å². The lowest BCUT2D eigenvalue weighted by atomic mass is 9.79. The summed E-state index contributed by atoms with van der Waals surface area (Å²) in [4.78, 5) is 28.7. The third kappa shape index (κ3) is 12.8. The van der Waals surface area contributed by atoms with Crippen LogP contribution in [0, 0.1) is 13.8 Å². The molecule has 0 radical (unpaired) electrons. The van der Waals surface area contributed by atoms with Crippen LogP contribution in [-0.4, -0.2) is 116 Å². The first kappa shape index (κ1) is 60.4. The zero-order chi connectivity index (χ0) is 62.5. The number of aromatic nitrogens is 11. The van der Waals surface area contributed by atoms with Crippen molar-refractivity contribution < 1.29 is 0 Å². The molecule has 0 spiro atoms. The highest BCUT2D eigenvalue weighted by atomic mass is 32.1. The molecule has 0 saturated carbocycles. The monoisotopic (exact) mass is 1240 g/mol. The molecule has 16 nitrogen and oxygen atoms in total. The van der Waals surface area contributed by atoms with Gasteiger partial charge in [-0.3, -0.25) is 14.0 Å². The lowest BCUT2D eigenvalue weighted by Gasteiger charge is -2.49. The molecule has 0 amide bonds. The fourth-order valence-electron chi connectivity index (χ4n) is 14.2. The van der Waals surface area contributed by atoms with E-state index in [0.717, 1.165) is 131 Å². The van der Waals surface area contributed by atoms with Gasteiger partial charge in [-0.05, 0) is 208 Å². The van der Waals surface area contributed by atoms with Gasteiger partial charge in [-0.1, -0.05) is 40.9 Å². The normalized spacial score (nSPS) is 17.5. The summed E-state index contributed by atoms with van der Waals surface area (Å²) in [5, 5.41) is 31.2. The largest absolute Gasteiger partial charge is 0.348 e. The number of piperidine rings is 2. The average molecular weight is 1240 g/mol. The zero-order valence-electron chi connectivity index (χ0n) is 54.0. The van der Waals surface area contributed by atoms with Gasteiger partial charge in [0.05, 0.1) is 36.2 Å². The van der Waals surface area contributed by atoms with E-state index in [1.165, 1.54) is 43.5 Å². The molecule has 4 aromatic carbocycles. The van der Waals surface area contributed by atoms with E-state index < -0.39 is 0 Å². The van der Waals surface area contributed by atoms with Gasteiger partial charge >= 0.3 is 0 Å². The number of rotatable bonds is 8. The van der Waals surface area contributed by atoms with Gasteiger partial charge in [-0.15, -0.1) is 11.3 Å². The quantitative estimate of drug-likeness (QED) is 0.132. The minimum atomic E-state index is 0.103. The lowest BCUT2D eigenvalue weighted by molar-refractivity contribution is 0.160. The maximum Gasteiger partial charge on any atom is 0.188 e. The van der Waals surface area contributed by atoms with Crippen LogP contribution in [0.3, 0.4) is 0 Å². The van der Waals surface area contributed by atoms with Crippen LogP contribution in [0.5, 0.6) is 0 Å². The molecule has 2 saturated heterocycles. The highest BCUT2D eigenvalue weighted by Crippen LogP contribution is 2.41. The van der Waals surface area contributed by atoms with Gasteiger partial charge < -0.3 is 25.8 Å². The summed E-state index contributed by atoms with van der Waals surface area (Å²) in [6, 6.07) is 27.2. The number of aryl methyl sites for hydroxylation is 5. The Morgan fingerprint density at radius 2 is 0.944 bits per heavy atom. The van der Waals surface area contributed by atoms with Crippen molar-refractivity contribution in [3.63, 3.8) is 0 Å². The molecule has 2 fully saturated rings.